The molecule has 0 unspecified atom stereocenters. The maximum Gasteiger partial charge on any atom is 0.317 e. The highest BCUT2D eigenvalue weighted by Crippen LogP contribution is 2.06. The summed E-state index contributed by atoms with van der Waals surface area (Å²) >= 11 is 0. The third-order valence-electron chi connectivity index (χ3n) is 3.02. The molecule has 1 aromatic rings. The fourth-order valence-corrected chi connectivity index (χ4v) is 1.86. The lowest BCUT2D eigenvalue weighted by molar-refractivity contribution is -0.120. The van der Waals surface area contributed by atoms with Crippen molar-refractivity contribution < 1.29 is 9.59 Å². The number of urea groups is 1. The predicted molar refractivity (Wildman–Crippen MR) is 83.9 cm³/mol. The molecular formula is C16H22N4O2. The number of carbonyl (C=O) groups excluding carboxylic acids is 2. The molecule has 0 aliphatic rings. The van der Waals surface area contributed by atoms with Gasteiger partial charge in [-0.3, -0.25) is 4.79 Å². The molecule has 6 heteroatoms. The second-order valence-electron chi connectivity index (χ2n) is 5.00. The fraction of sp³-hybridized carbons (Fsp3) is 0.438. The molecule has 0 aliphatic carbocycles. The van der Waals surface area contributed by atoms with Gasteiger partial charge >= 0.3 is 6.03 Å². The Kier molecular flexibility index (Phi) is 7.48. The molecule has 0 saturated heterocycles. The Hall–Kier alpha value is -2.55. The summed E-state index contributed by atoms with van der Waals surface area (Å²) in [6, 6.07) is 8.95. The summed E-state index contributed by atoms with van der Waals surface area (Å²) in [7, 11) is 1.67. The standard InChI is InChI=1S/C16H22N4O2/c1-3-8-18-15(21)7-9-19-16(22)20(2)12-14-6-4-5-13(10-14)11-17/h4-6,10H,3,7-9,12H2,1-2H3,(H,18,21)(H,19,22). The zero-order valence-corrected chi connectivity index (χ0v) is 13.1. The second-order valence-corrected chi connectivity index (χ2v) is 5.00. The summed E-state index contributed by atoms with van der Waals surface area (Å²) in [4.78, 5) is 24.8. The molecule has 0 heterocycles. The first-order chi connectivity index (χ1) is 10.6. The second kappa shape index (κ2) is 9.40. The quantitative estimate of drug-likeness (QED) is 0.802. The first-order valence-corrected chi connectivity index (χ1v) is 7.31. The maximum atomic E-state index is 11.9. The van der Waals surface area contributed by atoms with Gasteiger partial charge < -0.3 is 15.5 Å². The first-order valence-electron chi connectivity index (χ1n) is 7.31. The number of nitrogens with zero attached hydrogens (tertiary/aromatic N) is 2. The van der Waals surface area contributed by atoms with Crippen molar-refractivity contribution >= 4 is 11.9 Å². The molecule has 0 bridgehead atoms. The van der Waals surface area contributed by atoms with Crippen LogP contribution < -0.4 is 10.6 Å². The van der Waals surface area contributed by atoms with E-state index >= 15 is 0 Å². The van der Waals surface area contributed by atoms with Gasteiger partial charge in [0.2, 0.25) is 5.91 Å². The SMILES string of the molecule is CCCNC(=O)CCNC(=O)N(C)Cc1cccc(C#N)c1. The highest BCUT2D eigenvalue weighted by Gasteiger charge is 2.09. The van der Waals surface area contributed by atoms with E-state index in [9.17, 15) is 9.59 Å². The summed E-state index contributed by atoms with van der Waals surface area (Å²) in [6.07, 6.45) is 1.16. The molecule has 0 aliphatic heterocycles. The van der Waals surface area contributed by atoms with Crippen LogP contribution in [-0.2, 0) is 11.3 Å². The van der Waals surface area contributed by atoms with Crippen molar-refractivity contribution in [3.63, 3.8) is 0 Å². The van der Waals surface area contributed by atoms with Gasteiger partial charge in [-0.2, -0.15) is 5.26 Å². The summed E-state index contributed by atoms with van der Waals surface area (Å²) in [5, 5.41) is 14.3. The Morgan fingerprint density at radius 1 is 1.27 bits per heavy atom. The molecule has 3 amide bonds. The minimum atomic E-state index is -0.245. The number of nitrogens with one attached hydrogen (secondary N) is 2. The molecule has 0 spiro atoms. The van der Waals surface area contributed by atoms with E-state index in [0.717, 1.165) is 12.0 Å². The highest BCUT2D eigenvalue weighted by atomic mass is 16.2. The number of rotatable bonds is 7. The third kappa shape index (κ3) is 6.27. The van der Waals surface area contributed by atoms with Crippen LogP contribution in [0.5, 0.6) is 0 Å². The van der Waals surface area contributed by atoms with Crippen molar-refractivity contribution in [2.24, 2.45) is 0 Å². The monoisotopic (exact) mass is 302 g/mol. The Labute approximate surface area is 131 Å². The first kappa shape index (κ1) is 17.5. The van der Waals surface area contributed by atoms with Gasteiger partial charge in [0.25, 0.3) is 0 Å². The number of hydrogen-bond acceptors (Lipinski definition) is 3. The van der Waals surface area contributed by atoms with Gasteiger partial charge in [0.05, 0.1) is 11.6 Å². The molecule has 0 radical (unpaired) electrons. The summed E-state index contributed by atoms with van der Waals surface area (Å²) < 4.78 is 0. The average molecular weight is 302 g/mol. The van der Waals surface area contributed by atoms with Crippen LogP contribution in [0.15, 0.2) is 24.3 Å². The summed E-state index contributed by atoms with van der Waals surface area (Å²) in [6.45, 7) is 3.35. The van der Waals surface area contributed by atoms with E-state index in [4.69, 9.17) is 5.26 Å². The van der Waals surface area contributed by atoms with Crippen molar-refractivity contribution in [1.29, 1.82) is 5.26 Å². The van der Waals surface area contributed by atoms with Crippen LogP contribution in [-0.4, -0.2) is 37.0 Å². The Morgan fingerprint density at radius 2 is 2.05 bits per heavy atom. The van der Waals surface area contributed by atoms with E-state index in [1.165, 1.54) is 4.90 Å². The van der Waals surface area contributed by atoms with Gasteiger partial charge in [-0.1, -0.05) is 19.1 Å². The molecule has 22 heavy (non-hydrogen) atoms. The maximum absolute atomic E-state index is 11.9. The minimum Gasteiger partial charge on any atom is -0.356 e. The largest absolute Gasteiger partial charge is 0.356 e. The van der Waals surface area contributed by atoms with Crippen molar-refractivity contribution in [3.05, 3.63) is 35.4 Å². The Balaban J connectivity index is 2.36. The molecule has 1 aromatic carbocycles. The normalized spacial score (nSPS) is 9.68. The van der Waals surface area contributed by atoms with Gasteiger partial charge in [-0.15, -0.1) is 0 Å². The van der Waals surface area contributed by atoms with Gasteiger partial charge in [0.15, 0.2) is 0 Å². The van der Waals surface area contributed by atoms with E-state index in [2.05, 4.69) is 16.7 Å². The van der Waals surface area contributed by atoms with Crippen LogP contribution in [0.25, 0.3) is 0 Å². The summed E-state index contributed by atoms with van der Waals surface area (Å²) in [5.74, 6) is -0.0634. The molecule has 6 nitrogen and oxygen atoms in total. The van der Waals surface area contributed by atoms with Gasteiger partial charge in [0.1, 0.15) is 0 Å². The number of nitriles is 1. The van der Waals surface area contributed by atoms with Crippen LogP contribution >= 0.6 is 0 Å². The van der Waals surface area contributed by atoms with Gasteiger partial charge in [-0.05, 0) is 24.1 Å². The molecular weight excluding hydrogens is 280 g/mol. The topological polar surface area (TPSA) is 85.2 Å². The van der Waals surface area contributed by atoms with E-state index < -0.39 is 0 Å². The van der Waals surface area contributed by atoms with Crippen LogP contribution in [0, 0.1) is 11.3 Å². The van der Waals surface area contributed by atoms with E-state index in [-0.39, 0.29) is 18.4 Å². The lowest BCUT2D eigenvalue weighted by Gasteiger charge is -2.18. The molecule has 118 valence electrons. The predicted octanol–water partition coefficient (Wildman–Crippen LogP) is 1.62. The smallest absolute Gasteiger partial charge is 0.317 e. The van der Waals surface area contributed by atoms with Crippen molar-refractivity contribution in [3.8, 4) is 6.07 Å². The highest BCUT2D eigenvalue weighted by molar-refractivity contribution is 5.78. The van der Waals surface area contributed by atoms with Crippen LogP contribution in [0.1, 0.15) is 30.9 Å². The molecule has 0 atom stereocenters. The Bertz CT molecular complexity index is 551. The van der Waals surface area contributed by atoms with Gasteiger partial charge in [0, 0.05) is 33.1 Å². The van der Waals surface area contributed by atoms with E-state index in [0.29, 0.717) is 25.2 Å². The van der Waals surface area contributed by atoms with Crippen molar-refractivity contribution in [1.82, 2.24) is 15.5 Å². The number of carbonyl (C=O) groups is 2. The third-order valence-corrected chi connectivity index (χ3v) is 3.02. The van der Waals surface area contributed by atoms with Crippen LogP contribution in [0.2, 0.25) is 0 Å². The van der Waals surface area contributed by atoms with Gasteiger partial charge in [-0.25, -0.2) is 4.79 Å². The number of hydrogen-bond donors (Lipinski definition) is 2. The minimum absolute atomic E-state index is 0.0634. The average Bonchev–Trinajstić information content (AvgIpc) is 2.52. The Morgan fingerprint density at radius 3 is 2.73 bits per heavy atom. The molecule has 0 saturated carbocycles. The van der Waals surface area contributed by atoms with Crippen LogP contribution in [0.4, 0.5) is 4.79 Å². The van der Waals surface area contributed by atoms with Crippen molar-refractivity contribution in [2.45, 2.75) is 26.3 Å². The van der Waals surface area contributed by atoms with Crippen LogP contribution in [0.3, 0.4) is 0 Å². The zero-order chi connectivity index (χ0) is 16.4. The number of amides is 3. The molecule has 2 N–H and O–H groups in total. The van der Waals surface area contributed by atoms with E-state index in [1.54, 1.807) is 25.2 Å². The fourth-order valence-electron chi connectivity index (χ4n) is 1.86. The number of benzene rings is 1. The lowest BCUT2D eigenvalue weighted by atomic mass is 10.1. The summed E-state index contributed by atoms with van der Waals surface area (Å²) in [5.41, 5.74) is 1.45. The molecule has 0 aromatic heterocycles. The van der Waals surface area contributed by atoms with E-state index in [1.807, 2.05) is 13.0 Å². The lowest BCUT2D eigenvalue weighted by Crippen LogP contribution is -2.38. The zero-order valence-electron chi connectivity index (χ0n) is 13.1. The molecule has 0 fully saturated rings. The van der Waals surface area contributed by atoms with Crippen molar-refractivity contribution in [2.75, 3.05) is 20.1 Å². The molecule has 1 rings (SSSR count).